The molecule has 0 radical (unpaired) electrons. The maximum atomic E-state index is 2.32. The third-order valence-electron chi connectivity index (χ3n) is 12.2. The fourth-order valence-corrected chi connectivity index (χ4v) is 10.3. The second-order valence-corrected chi connectivity index (χ2v) is 14.4. The standard InChI is InChI=1S/C36H66/c1-2-3-4-5-6-7-8-9-10-11-12-13-14-15-16-17-20-28-36-29-21-24-35(36)34-26-25-31-22-18-19-23-32(31)33(34)27-30-36/h31-35H,2-30H2,1H3/t31?,32-,33+,34+,35-,36-/m0/s1. The molecule has 1 unspecified atom stereocenters. The largest absolute Gasteiger partial charge is 0.0654 e. The van der Waals surface area contributed by atoms with E-state index in [1.807, 2.05) is 0 Å². The summed E-state index contributed by atoms with van der Waals surface area (Å²) in [5.41, 5.74) is 0.804. The van der Waals surface area contributed by atoms with Gasteiger partial charge < -0.3 is 0 Å². The molecule has 0 amide bonds. The maximum Gasteiger partial charge on any atom is -0.0266 e. The molecule has 0 N–H and O–H groups in total. The molecule has 4 rings (SSSR count). The Hall–Kier alpha value is 0. The van der Waals surface area contributed by atoms with Gasteiger partial charge >= 0.3 is 0 Å². The zero-order valence-corrected chi connectivity index (χ0v) is 24.9. The van der Waals surface area contributed by atoms with Crippen molar-refractivity contribution in [2.45, 2.75) is 193 Å². The van der Waals surface area contributed by atoms with Crippen LogP contribution < -0.4 is 0 Å². The van der Waals surface area contributed by atoms with Crippen molar-refractivity contribution in [3.05, 3.63) is 0 Å². The van der Waals surface area contributed by atoms with Gasteiger partial charge in [-0.2, -0.15) is 0 Å². The lowest BCUT2D eigenvalue weighted by atomic mass is 9.50. The van der Waals surface area contributed by atoms with E-state index in [0.717, 1.165) is 35.0 Å². The molecule has 210 valence electrons. The Bertz CT molecular complexity index is 564. The van der Waals surface area contributed by atoms with E-state index in [2.05, 4.69) is 6.92 Å². The van der Waals surface area contributed by atoms with Crippen molar-refractivity contribution in [2.24, 2.45) is 35.0 Å². The molecule has 4 saturated carbocycles. The minimum Gasteiger partial charge on any atom is -0.0654 e. The van der Waals surface area contributed by atoms with Crippen LogP contribution in [0.2, 0.25) is 0 Å². The zero-order valence-electron chi connectivity index (χ0n) is 24.9. The highest BCUT2D eigenvalue weighted by atomic mass is 14.6. The second-order valence-electron chi connectivity index (χ2n) is 14.4. The van der Waals surface area contributed by atoms with Crippen molar-refractivity contribution < 1.29 is 0 Å². The van der Waals surface area contributed by atoms with Gasteiger partial charge in [0.1, 0.15) is 0 Å². The Labute approximate surface area is 227 Å². The van der Waals surface area contributed by atoms with Crippen molar-refractivity contribution >= 4 is 0 Å². The molecule has 0 heteroatoms. The number of fused-ring (bicyclic) bond motifs is 5. The van der Waals surface area contributed by atoms with E-state index >= 15 is 0 Å². The molecule has 4 aliphatic rings. The molecule has 0 aromatic rings. The molecule has 0 spiro atoms. The molecule has 4 fully saturated rings. The summed E-state index contributed by atoms with van der Waals surface area (Å²) in [5.74, 6) is 5.72. The van der Waals surface area contributed by atoms with E-state index in [1.165, 1.54) is 103 Å². The van der Waals surface area contributed by atoms with Gasteiger partial charge in [-0.3, -0.25) is 0 Å². The van der Waals surface area contributed by atoms with E-state index in [4.69, 9.17) is 0 Å². The maximum absolute atomic E-state index is 2.32. The summed E-state index contributed by atoms with van der Waals surface area (Å²) in [6.45, 7) is 2.32. The topological polar surface area (TPSA) is 0 Å². The minimum absolute atomic E-state index is 0.804. The summed E-state index contributed by atoms with van der Waals surface area (Å²) < 4.78 is 0. The first-order valence-electron chi connectivity index (χ1n) is 17.8. The summed E-state index contributed by atoms with van der Waals surface area (Å²) in [6.07, 6.45) is 44.6. The van der Waals surface area contributed by atoms with Crippen LogP contribution in [-0.2, 0) is 0 Å². The fraction of sp³-hybridized carbons (Fsp3) is 1.00. The molecule has 36 heavy (non-hydrogen) atoms. The minimum atomic E-state index is 0.804. The number of hydrogen-bond acceptors (Lipinski definition) is 0. The summed E-state index contributed by atoms with van der Waals surface area (Å²) >= 11 is 0. The average molecular weight is 499 g/mol. The molecule has 0 heterocycles. The van der Waals surface area contributed by atoms with Gasteiger partial charge in [-0.05, 0) is 86.4 Å². The van der Waals surface area contributed by atoms with Crippen LogP contribution in [0.4, 0.5) is 0 Å². The molecular formula is C36H66. The Morgan fingerprint density at radius 3 is 1.67 bits per heavy atom. The lowest BCUT2D eigenvalue weighted by molar-refractivity contribution is -0.0597. The smallest absolute Gasteiger partial charge is 0.0266 e. The predicted molar refractivity (Wildman–Crippen MR) is 159 cm³/mol. The number of unbranched alkanes of at least 4 members (excludes halogenated alkanes) is 16. The van der Waals surface area contributed by atoms with Gasteiger partial charge in [0.25, 0.3) is 0 Å². The molecular weight excluding hydrogens is 432 g/mol. The van der Waals surface area contributed by atoms with E-state index in [0.29, 0.717) is 0 Å². The summed E-state index contributed by atoms with van der Waals surface area (Å²) in [7, 11) is 0. The third-order valence-corrected chi connectivity index (χ3v) is 12.2. The molecule has 0 aromatic carbocycles. The van der Waals surface area contributed by atoms with Crippen LogP contribution in [0.25, 0.3) is 0 Å². The third kappa shape index (κ3) is 8.25. The van der Waals surface area contributed by atoms with Crippen molar-refractivity contribution in [1.82, 2.24) is 0 Å². The van der Waals surface area contributed by atoms with Crippen molar-refractivity contribution in [3.8, 4) is 0 Å². The van der Waals surface area contributed by atoms with Crippen LogP contribution >= 0.6 is 0 Å². The van der Waals surface area contributed by atoms with E-state index in [-0.39, 0.29) is 0 Å². The van der Waals surface area contributed by atoms with Crippen LogP contribution in [0.5, 0.6) is 0 Å². The first kappa shape index (κ1) is 29.0. The molecule has 0 saturated heterocycles. The Kier molecular flexibility index (Phi) is 13.0. The summed E-state index contributed by atoms with van der Waals surface area (Å²) in [6, 6.07) is 0. The Morgan fingerprint density at radius 2 is 1.03 bits per heavy atom. The molecule has 6 atom stereocenters. The van der Waals surface area contributed by atoms with Gasteiger partial charge in [-0.1, -0.05) is 142 Å². The monoisotopic (exact) mass is 499 g/mol. The normalized spacial score (nSPS) is 33.8. The van der Waals surface area contributed by atoms with Crippen LogP contribution in [-0.4, -0.2) is 0 Å². The van der Waals surface area contributed by atoms with Crippen LogP contribution in [0.1, 0.15) is 193 Å². The van der Waals surface area contributed by atoms with E-state index in [9.17, 15) is 0 Å². The van der Waals surface area contributed by atoms with Gasteiger partial charge in [-0.25, -0.2) is 0 Å². The molecule has 4 aliphatic carbocycles. The summed E-state index contributed by atoms with van der Waals surface area (Å²) in [5, 5.41) is 0. The lowest BCUT2D eigenvalue weighted by Gasteiger charge is -2.55. The molecule has 0 bridgehead atoms. The van der Waals surface area contributed by atoms with E-state index in [1.54, 1.807) is 83.5 Å². The average Bonchev–Trinajstić information content (AvgIpc) is 3.35. The van der Waals surface area contributed by atoms with Crippen LogP contribution in [0.15, 0.2) is 0 Å². The second kappa shape index (κ2) is 16.2. The fourth-order valence-electron chi connectivity index (χ4n) is 10.3. The number of hydrogen-bond donors (Lipinski definition) is 0. The van der Waals surface area contributed by atoms with Gasteiger partial charge in [0, 0.05) is 0 Å². The molecule has 0 nitrogen and oxygen atoms in total. The van der Waals surface area contributed by atoms with Gasteiger partial charge in [0.2, 0.25) is 0 Å². The van der Waals surface area contributed by atoms with Crippen molar-refractivity contribution in [1.29, 1.82) is 0 Å². The van der Waals surface area contributed by atoms with Gasteiger partial charge in [-0.15, -0.1) is 0 Å². The first-order chi connectivity index (χ1) is 17.8. The highest BCUT2D eigenvalue weighted by Gasteiger charge is 2.54. The highest BCUT2D eigenvalue weighted by molar-refractivity contribution is 5.04. The summed E-state index contributed by atoms with van der Waals surface area (Å²) in [4.78, 5) is 0. The van der Waals surface area contributed by atoms with Crippen molar-refractivity contribution in [3.63, 3.8) is 0 Å². The SMILES string of the molecule is CCCCCCCCCCCCCCCCCCC[C@@]12CCC[C@H]1[C@@H]1CCC3CCCC[C@@H]3[C@H]1CC2. The van der Waals surface area contributed by atoms with Crippen LogP contribution in [0, 0.1) is 35.0 Å². The lowest BCUT2D eigenvalue weighted by Crippen LogP contribution is -2.47. The van der Waals surface area contributed by atoms with Crippen LogP contribution in [0.3, 0.4) is 0 Å². The quantitative estimate of drug-likeness (QED) is 0.165. The Morgan fingerprint density at radius 1 is 0.444 bits per heavy atom. The number of rotatable bonds is 18. The molecule has 0 aromatic heterocycles. The van der Waals surface area contributed by atoms with Crippen molar-refractivity contribution in [2.75, 3.05) is 0 Å². The van der Waals surface area contributed by atoms with E-state index < -0.39 is 0 Å². The predicted octanol–water partition coefficient (Wildman–Crippen LogP) is 12.4. The van der Waals surface area contributed by atoms with Gasteiger partial charge in [0.15, 0.2) is 0 Å². The highest BCUT2D eigenvalue weighted by Crippen LogP contribution is 2.64. The van der Waals surface area contributed by atoms with Gasteiger partial charge in [0.05, 0.1) is 0 Å². The Balaban J connectivity index is 0.998. The zero-order chi connectivity index (χ0) is 24.9. The molecule has 0 aliphatic heterocycles. The first-order valence-corrected chi connectivity index (χ1v) is 17.8.